The Morgan fingerprint density at radius 2 is 1.02 bits per heavy atom. The summed E-state index contributed by atoms with van der Waals surface area (Å²) in [7, 11) is 0. The number of aromatic nitrogens is 2. The van der Waals surface area contributed by atoms with Gasteiger partial charge in [-0.05, 0) is 65.5 Å². The van der Waals surface area contributed by atoms with Crippen molar-refractivity contribution in [3.05, 3.63) is 212 Å². The molecule has 9 aromatic carbocycles. The Morgan fingerprint density at radius 3 is 1.79 bits per heavy atom. The van der Waals surface area contributed by atoms with Crippen LogP contribution in [0, 0.1) is 0 Å². The van der Waals surface area contributed by atoms with Crippen LogP contribution in [0.5, 0.6) is 0 Å². The van der Waals surface area contributed by atoms with E-state index in [1.807, 2.05) is 36.4 Å². The van der Waals surface area contributed by atoms with E-state index in [0.29, 0.717) is 5.89 Å². The second-order valence-electron chi connectivity index (χ2n) is 14.3. The normalized spacial score (nSPS) is 11.5. The Labute approximate surface area is 330 Å². The van der Waals surface area contributed by atoms with Gasteiger partial charge in [0.05, 0.1) is 28.1 Å². The maximum atomic E-state index is 6.68. The van der Waals surface area contributed by atoms with E-state index in [-0.39, 0.29) is 0 Å². The minimum atomic E-state index is 0.603. The third-order valence-electron chi connectivity index (χ3n) is 11.0. The van der Waals surface area contributed by atoms with E-state index in [2.05, 4.69) is 185 Å². The molecule has 0 aliphatic heterocycles. The largest absolute Gasteiger partial charge is 0.435 e. The molecule has 0 N–H and O–H groups in total. The number of hydrogen-bond donors (Lipinski definition) is 0. The van der Waals surface area contributed by atoms with E-state index in [9.17, 15) is 0 Å². The summed E-state index contributed by atoms with van der Waals surface area (Å²) < 4.78 is 9.12. The number of hydrogen-bond acceptors (Lipinski definition) is 3. The van der Waals surface area contributed by atoms with Gasteiger partial charge in [0.15, 0.2) is 5.58 Å². The first kappa shape index (κ1) is 32.7. The minimum absolute atomic E-state index is 0.603. The number of benzene rings is 9. The van der Waals surface area contributed by atoms with E-state index in [4.69, 9.17) is 9.40 Å². The van der Waals surface area contributed by atoms with E-state index in [0.717, 1.165) is 72.6 Å². The summed E-state index contributed by atoms with van der Waals surface area (Å²) in [5.41, 5.74) is 13.4. The fraction of sp³-hybridized carbons (Fsp3) is 0. The first-order valence-electron chi connectivity index (χ1n) is 19.3. The number of nitrogens with zero attached hydrogens (tertiary/aromatic N) is 3. The van der Waals surface area contributed by atoms with Crippen molar-refractivity contribution in [3.8, 4) is 39.4 Å². The smallest absolute Gasteiger partial charge is 0.227 e. The Hall–Kier alpha value is -7.69. The number of fused-ring (bicyclic) bond motifs is 6. The highest BCUT2D eigenvalue weighted by atomic mass is 16.3. The summed E-state index contributed by atoms with van der Waals surface area (Å²) in [4.78, 5) is 7.45. The van der Waals surface area contributed by atoms with Crippen LogP contribution in [-0.4, -0.2) is 9.55 Å². The lowest BCUT2D eigenvalue weighted by Gasteiger charge is -2.31. The molecule has 2 heterocycles. The van der Waals surface area contributed by atoms with Gasteiger partial charge in [-0.15, -0.1) is 0 Å². The minimum Gasteiger partial charge on any atom is -0.435 e. The summed E-state index contributed by atoms with van der Waals surface area (Å²) in [6, 6.07) is 75.2. The Kier molecular flexibility index (Phi) is 7.78. The van der Waals surface area contributed by atoms with Gasteiger partial charge >= 0.3 is 0 Å². The van der Waals surface area contributed by atoms with Crippen molar-refractivity contribution in [1.82, 2.24) is 9.55 Å². The number of rotatable bonds is 7. The van der Waals surface area contributed by atoms with Crippen LogP contribution in [-0.2, 0) is 0 Å². The molecule has 0 atom stereocenters. The SMILES string of the molecule is c1ccc(-c2nc3cccc(-c4ccccc4N(c4ccccc4-c4ccccc4)c4cc5ccccc5c5c4c4ccccc4n5-c4ccccc4)c3o2)cc1. The van der Waals surface area contributed by atoms with Crippen LogP contribution in [0.4, 0.5) is 17.1 Å². The van der Waals surface area contributed by atoms with Gasteiger partial charge in [0, 0.05) is 44.1 Å². The monoisotopic (exact) mass is 729 g/mol. The zero-order valence-corrected chi connectivity index (χ0v) is 31.0. The third kappa shape index (κ3) is 5.42. The van der Waals surface area contributed by atoms with E-state index in [1.165, 1.54) is 21.7 Å². The first-order valence-corrected chi connectivity index (χ1v) is 19.3. The van der Waals surface area contributed by atoms with Gasteiger partial charge in [-0.3, -0.25) is 0 Å². The van der Waals surface area contributed by atoms with Crippen molar-refractivity contribution in [2.45, 2.75) is 0 Å². The number of oxazole rings is 1. The lowest BCUT2D eigenvalue weighted by atomic mass is 9.96. The zero-order chi connectivity index (χ0) is 37.7. The average Bonchev–Trinajstić information content (AvgIpc) is 3.89. The third-order valence-corrected chi connectivity index (χ3v) is 11.0. The molecule has 4 heteroatoms. The van der Waals surface area contributed by atoms with Crippen molar-refractivity contribution in [3.63, 3.8) is 0 Å². The predicted molar refractivity (Wildman–Crippen MR) is 237 cm³/mol. The molecule has 11 rings (SSSR count). The van der Waals surface area contributed by atoms with Crippen LogP contribution < -0.4 is 4.90 Å². The molecule has 0 fully saturated rings. The van der Waals surface area contributed by atoms with Crippen molar-refractivity contribution in [2.75, 3.05) is 4.90 Å². The zero-order valence-electron chi connectivity index (χ0n) is 31.0. The van der Waals surface area contributed by atoms with E-state index in [1.54, 1.807) is 0 Å². The topological polar surface area (TPSA) is 34.2 Å². The molecule has 4 nitrogen and oxygen atoms in total. The summed E-state index contributed by atoms with van der Waals surface area (Å²) in [6.07, 6.45) is 0. The van der Waals surface area contributed by atoms with Gasteiger partial charge < -0.3 is 13.9 Å². The van der Waals surface area contributed by atoms with E-state index >= 15 is 0 Å². The maximum Gasteiger partial charge on any atom is 0.227 e. The molecule has 268 valence electrons. The average molecular weight is 730 g/mol. The second kappa shape index (κ2) is 13.6. The Bertz CT molecular complexity index is 3240. The van der Waals surface area contributed by atoms with Crippen LogP contribution >= 0.6 is 0 Å². The maximum absolute atomic E-state index is 6.68. The summed E-state index contributed by atoms with van der Waals surface area (Å²) in [6.45, 7) is 0. The number of anilines is 3. The van der Waals surface area contributed by atoms with Crippen LogP contribution in [0.1, 0.15) is 0 Å². The van der Waals surface area contributed by atoms with Gasteiger partial charge in [-0.2, -0.15) is 0 Å². The molecule has 0 spiro atoms. The quantitative estimate of drug-likeness (QED) is 0.164. The Morgan fingerprint density at radius 1 is 0.439 bits per heavy atom. The van der Waals surface area contributed by atoms with Gasteiger partial charge in [0.2, 0.25) is 5.89 Å². The first-order chi connectivity index (χ1) is 28.3. The molecule has 11 aromatic rings. The second-order valence-corrected chi connectivity index (χ2v) is 14.3. The molecule has 0 saturated carbocycles. The van der Waals surface area contributed by atoms with Crippen molar-refractivity contribution >= 4 is 60.7 Å². The van der Waals surface area contributed by atoms with Crippen molar-refractivity contribution < 1.29 is 4.42 Å². The summed E-state index contributed by atoms with van der Waals surface area (Å²) >= 11 is 0. The van der Waals surface area contributed by atoms with Gasteiger partial charge in [-0.1, -0.05) is 158 Å². The molecule has 0 aliphatic rings. The van der Waals surface area contributed by atoms with Gasteiger partial charge in [-0.25, -0.2) is 4.98 Å². The summed E-state index contributed by atoms with van der Waals surface area (Å²) in [5.74, 6) is 0.603. The molecule has 57 heavy (non-hydrogen) atoms. The molecule has 0 aliphatic carbocycles. The molecule has 0 bridgehead atoms. The molecular weight excluding hydrogens is 695 g/mol. The molecule has 0 unspecified atom stereocenters. The summed E-state index contributed by atoms with van der Waals surface area (Å²) in [5, 5.41) is 4.71. The molecule has 0 radical (unpaired) electrons. The van der Waals surface area contributed by atoms with Crippen LogP contribution in [0.25, 0.3) is 83.1 Å². The molecule has 0 amide bonds. The lowest BCUT2D eigenvalue weighted by Crippen LogP contribution is -2.13. The molecule has 0 saturated heterocycles. The predicted octanol–water partition coefficient (Wildman–Crippen LogP) is 14.5. The Balaban J connectivity index is 1.27. The highest BCUT2D eigenvalue weighted by Crippen LogP contribution is 2.51. The fourth-order valence-corrected chi connectivity index (χ4v) is 8.52. The van der Waals surface area contributed by atoms with Crippen LogP contribution in [0.2, 0.25) is 0 Å². The fourth-order valence-electron chi connectivity index (χ4n) is 8.52. The standard InChI is InChI=1S/C53H35N3O/c1-4-19-36(20-5-1)40-26-12-15-32-46(40)56(47-33-16-13-28-42(47)43-30-18-31-45-52(43)57-53(54-45)37-21-6-2-7-22-37)49-35-38-23-10-11-27-41(38)51-50(49)44-29-14-17-34-48(44)55(51)39-24-8-3-9-25-39/h1-35H. The number of para-hydroxylation sites is 5. The van der Waals surface area contributed by atoms with E-state index < -0.39 is 0 Å². The van der Waals surface area contributed by atoms with Crippen molar-refractivity contribution in [1.29, 1.82) is 0 Å². The highest BCUT2D eigenvalue weighted by molar-refractivity contribution is 6.25. The van der Waals surface area contributed by atoms with Gasteiger partial charge in [0.25, 0.3) is 0 Å². The molecular formula is C53H35N3O. The highest BCUT2D eigenvalue weighted by Gasteiger charge is 2.27. The lowest BCUT2D eigenvalue weighted by molar-refractivity contribution is 0.621. The van der Waals surface area contributed by atoms with Crippen LogP contribution in [0.3, 0.4) is 0 Å². The molecule has 2 aromatic heterocycles. The van der Waals surface area contributed by atoms with Crippen LogP contribution in [0.15, 0.2) is 217 Å². The van der Waals surface area contributed by atoms with Gasteiger partial charge in [0.1, 0.15) is 5.52 Å². The van der Waals surface area contributed by atoms with Crippen molar-refractivity contribution in [2.24, 2.45) is 0 Å².